The molecule has 0 amide bonds. The first kappa shape index (κ1) is 51.6. The fraction of sp³-hybridized carbons (Fsp3) is 0.714. The van der Waals surface area contributed by atoms with Gasteiger partial charge in [-0.25, -0.2) is 4.57 Å². The summed E-state index contributed by atoms with van der Waals surface area (Å²) in [6.45, 7) is 5.51. The fourth-order valence-electron chi connectivity index (χ4n) is 5.43. The zero-order chi connectivity index (χ0) is 40.3. The van der Waals surface area contributed by atoms with E-state index in [-0.39, 0.29) is 25.7 Å². The second-order valence-corrected chi connectivity index (χ2v) is 15.5. The molecule has 0 spiro atoms. The molecule has 0 rings (SSSR count). The molecule has 0 saturated heterocycles. The Labute approximate surface area is 325 Å². The van der Waals surface area contributed by atoms with E-state index in [2.05, 4.69) is 18.4 Å². The smallest absolute Gasteiger partial charge is 0.462 e. The van der Waals surface area contributed by atoms with Crippen molar-refractivity contribution in [2.24, 2.45) is 5.92 Å². The summed E-state index contributed by atoms with van der Waals surface area (Å²) in [4.78, 5) is 42.9. The van der Waals surface area contributed by atoms with Gasteiger partial charge >= 0.3 is 19.8 Å². The standard InChI is InChI=1S/C42H73O11P/c1-4-5-21-28-37(43)29-23-18-15-16-19-24-30-39(44)40(45)31-26-33-41(46)51-34-38(35-52-54(48,49)50)53-42(47)32-25-20-14-12-10-8-6-7-9-11-13-17-22-27-36(2)3/h5,15-16,18-19,21,23-24,29-30,36-40,43-45H,4,6-14,17,20,22,25-28,31-35H2,1-3H3,(H2,48,49,50)/b18-15+,19-16-,21-5-,29-23+,30-24-/t37-,38-,39+,40+/m1/s1. The number of hydrogen-bond donors (Lipinski definition) is 5. The van der Waals surface area contributed by atoms with Crippen molar-refractivity contribution in [3.05, 3.63) is 60.8 Å². The van der Waals surface area contributed by atoms with E-state index < -0.39 is 57.4 Å². The molecule has 0 bridgehead atoms. The Balaban J connectivity index is 4.27. The Morgan fingerprint density at radius 1 is 0.630 bits per heavy atom. The van der Waals surface area contributed by atoms with Gasteiger partial charge in [-0.3, -0.25) is 14.1 Å². The summed E-state index contributed by atoms with van der Waals surface area (Å²) in [7, 11) is -4.84. The molecular formula is C42H73O11P. The summed E-state index contributed by atoms with van der Waals surface area (Å²) < 4.78 is 26.2. The van der Waals surface area contributed by atoms with Gasteiger partial charge in [-0.2, -0.15) is 0 Å². The van der Waals surface area contributed by atoms with E-state index in [0.29, 0.717) is 12.8 Å². The third kappa shape index (κ3) is 36.6. The number of esters is 2. The predicted molar refractivity (Wildman–Crippen MR) is 215 cm³/mol. The fourth-order valence-corrected chi connectivity index (χ4v) is 5.79. The number of phosphoric ester groups is 1. The lowest BCUT2D eigenvalue weighted by Crippen LogP contribution is -2.29. The molecule has 12 heteroatoms. The van der Waals surface area contributed by atoms with E-state index in [0.717, 1.165) is 31.6 Å². The number of ether oxygens (including phenoxy) is 2. The Hall–Kier alpha value is -2.37. The van der Waals surface area contributed by atoms with Crippen molar-refractivity contribution in [1.29, 1.82) is 0 Å². The van der Waals surface area contributed by atoms with Gasteiger partial charge in [0.25, 0.3) is 0 Å². The van der Waals surface area contributed by atoms with Crippen LogP contribution in [-0.2, 0) is 28.2 Å². The predicted octanol–water partition coefficient (Wildman–Crippen LogP) is 8.89. The van der Waals surface area contributed by atoms with E-state index in [9.17, 15) is 29.5 Å². The number of carbonyl (C=O) groups is 2. The molecule has 0 aliphatic carbocycles. The molecule has 0 aromatic heterocycles. The highest BCUT2D eigenvalue weighted by atomic mass is 31.2. The average Bonchev–Trinajstić information content (AvgIpc) is 3.11. The number of aliphatic hydroxyl groups excluding tert-OH is 3. The summed E-state index contributed by atoms with van der Waals surface area (Å²) in [5.41, 5.74) is 0. The van der Waals surface area contributed by atoms with Gasteiger partial charge in [-0.15, -0.1) is 0 Å². The minimum atomic E-state index is -4.84. The zero-order valence-electron chi connectivity index (χ0n) is 33.3. The van der Waals surface area contributed by atoms with Crippen LogP contribution in [0.3, 0.4) is 0 Å². The monoisotopic (exact) mass is 784 g/mol. The van der Waals surface area contributed by atoms with Crippen LogP contribution in [0.2, 0.25) is 0 Å². The normalized spacial score (nSPS) is 15.0. The highest BCUT2D eigenvalue weighted by molar-refractivity contribution is 7.46. The maximum Gasteiger partial charge on any atom is 0.469 e. The van der Waals surface area contributed by atoms with Crippen LogP contribution < -0.4 is 0 Å². The molecule has 54 heavy (non-hydrogen) atoms. The topological polar surface area (TPSA) is 180 Å². The summed E-state index contributed by atoms with van der Waals surface area (Å²) in [5, 5.41) is 30.2. The maximum atomic E-state index is 12.4. The number of aliphatic hydroxyl groups is 3. The van der Waals surface area contributed by atoms with E-state index in [1.54, 1.807) is 42.5 Å². The molecule has 4 atom stereocenters. The van der Waals surface area contributed by atoms with E-state index in [1.807, 2.05) is 19.1 Å². The van der Waals surface area contributed by atoms with Crippen LogP contribution >= 0.6 is 7.82 Å². The molecule has 0 radical (unpaired) electrons. The first-order chi connectivity index (χ1) is 25.8. The van der Waals surface area contributed by atoms with Crippen molar-refractivity contribution in [3.63, 3.8) is 0 Å². The van der Waals surface area contributed by atoms with Gasteiger partial charge in [0, 0.05) is 12.8 Å². The number of phosphoric acid groups is 1. The number of carbonyl (C=O) groups excluding carboxylic acids is 2. The molecular weight excluding hydrogens is 711 g/mol. The third-order valence-corrected chi connectivity index (χ3v) is 9.06. The minimum absolute atomic E-state index is 0.0894. The summed E-state index contributed by atoms with van der Waals surface area (Å²) in [6, 6.07) is 0. The van der Waals surface area contributed by atoms with Gasteiger partial charge in [0.05, 0.1) is 24.9 Å². The van der Waals surface area contributed by atoms with Gasteiger partial charge in [-0.1, -0.05) is 165 Å². The Morgan fingerprint density at radius 3 is 1.70 bits per heavy atom. The van der Waals surface area contributed by atoms with Gasteiger partial charge in [0.2, 0.25) is 0 Å². The molecule has 0 aromatic rings. The third-order valence-electron chi connectivity index (χ3n) is 8.57. The van der Waals surface area contributed by atoms with Gasteiger partial charge < -0.3 is 34.6 Å². The molecule has 312 valence electrons. The molecule has 5 N–H and O–H groups in total. The van der Waals surface area contributed by atoms with Gasteiger partial charge in [0.15, 0.2) is 6.10 Å². The van der Waals surface area contributed by atoms with Crippen molar-refractivity contribution < 1.29 is 53.3 Å². The van der Waals surface area contributed by atoms with Crippen molar-refractivity contribution >= 4 is 19.8 Å². The number of rotatable bonds is 35. The number of allylic oxidation sites excluding steroid dienone is 7. The first-order valence-electron chi connectivity index (χ1n) is 20.3. The van der Waals surface area contributed by atoms with Crippen molar-refractivity contribution in [2.75, 3.05) is 13.2 Å². The van der Waals surface area contributed by atoms with Gasteiger partial charge in [-0.05, 0) is 38.0 Å². The second kappa shape index (κ2) is 35.1. The largest absolute Gasteiger partial charge is 0.469 e. The van der Waals surface area contributed by atoms with Crippen molar-refractivity contribution in [2.45, 2.75) is 174 Å². The molecule has 0 fully saturated rings. The first-order valence-corrected chi connectivity index (χ1v) is 21.8. The van der Waals surface area contributed by atoms with Crippen LogP contribution in [0.25, 0.3) is 0 Å². The summed E-state index contributed by atoms with van der Waals surface area (Å²) in [6.07, 6.45) is 31.8. The minimum Gasteiger partial charge on any atom is -0.462 e. The molecule has 11 nitrogen and oxygen atoms in total. The quantitative estimate of drug-likeness (QED) is 0.0136. The van der Waals surface area contributed by atoms with Crippen LogP contribution in [0.15, 0.2) is 60.8 Å². The van der Waals surface area contributed by atoms with Crippen LogP contribution in [0.4, 0.5) is 0 Å². The molecule has 0 aromatic carbocycles. The number of unbranched alkanes of at least 4 members (excludes halogenated alkanes) is 12. The SMILES string of the molecule is CC/C=C\C[C@@H](O)/C=C/C=C/C=C\C=C/[C@H](O)[C@@H](O)CCCC(=O)OC[C@H](COP(=O)(O)O)OC(=O)CCCCCCCCCCCCCCCC(C)C. The highest BCUT2D eigenvalue weighted by Gasteiger charge is 2.23. The van der Waals surface area contributed by atoms with Crippen molar-refractivity contribution in [3.8, 4) is 0 Å². The van der Waals surface area contributed by atoms with E-state index in [1.165, 1.54) is 70.3 Å². The lowest BCUT2D eigenvalue weighted by atomic mass is 10.0. The summed E-state index contributed by atoms with van der Waals surface area (Å²) in [5.74, 6) is -0.415. The highest BCUT2D eigenvalue weighted by Crippen LogP contribution is 2.36. The number of hydrogen-bond acceptors (Lipinski definition) is 9. The Kier molecular flexibility index (Phi) is 33.5. The lowest BCUT2D eigenvalue weighted by molar-refractivity contribution is -0.161. The van der Waals surface area contributed by atoms with Crippen LogP contribution in [0, 0.1) is 5.92 Å². The van der Waals surface area contributed by atoms with Gasteiger partial charge in [0.1, 0.15) is 6.61 Å². The molecule has 0 aliphatic heterocycles. The average molecular weight is 785 g/mol. The van der Waals surface area contributed by atoms with E-state index >= 15 is 0 Å². The Bertz CT molecular complexity index is 1130. The maximum absolute atomic E-state index is 12.4. The molecule has 0 aliphatic rings. The van der Waals surface area contributed by atoms with Crippen LogP contribution in [-0.4, -0.2) is 74.7 Å². The molecule has 0 heterocycles. The van der Waals surface area contributed by atoms with Crippen LogP contribution in [0.1, 0.15) is 149 Å². The van der Waals surface area contributed by atoms with Crippen LogP contribution in [0.5, 0.6) is 0 Å². The Morgan fingerprint density at radius 2 is 1.15 bits per heavy atom. The zero-order valence-corrected chi connectivity index (χ0v) is 34.2. The summed E-state index contributed by atoms with van der Waals surface area (Å²) >= 11 is 0. The second-order valence-electron chi connectivity index (χ2n) is 14.3. The molecule has 0 saturated carbocycles. The van der Waals surface area contributed by atoms with Crippen molar-refractivity contribution in [1.82, 2.24) is 0 Å². The lowest BCUT2D eigenvalue weighted by Gasteiger charge is -2.18. The van der Waals surface area contributed by atoms with E-state index in [4.69, 9.17) is 19.3 Å². The molecule has 0 unspecified atom stereocenters.